The molecule has 0 fully saturated rings. The fourth-order valence-electron chi connectivity index (χ4n) is 15.7. The highest BCUT2D eigenvalue weighted by Crippen LogP contribution is 2.25. The first-order valence-electron chi connectivity index (χ1n) is 49.1. The van der Waals surface area contributed by atoms with Gasteiger partial charge in [0.05, 0.1) is 23.7 Å². The zero-order chi connectivity index (χ0) is 108. The molecule has 5 atom stereocenters. The van der Waals surface area contributed by atoms with Gasteiger partial charge in [0.15, 0.2) is 23.3 Å². The number of aryl methyl sites for hydroxylation is 7. The van der Waals surface area contributed by atoms with Gasteiger partial charge in [0, 0.05) is 176 Å². The summed E-state index contributed by atoms with van der Waals surface area (Å²) in [6.45, 7) is 18.5. The minimum Gasteiger partial charge on any atom is -0.394 e. The molecule has 0 saturated heterocycles. The first kappa shape index (κ1) is 116. The molecule has 9 rings (SSSR count). The highest BCUT2D eigenvalue weighted by Gasteiger charge is 2.34. The number of imidazole rings is 4. The van der Waals surface area contributed by atoms with E-state index in [1.807, 2.05) is 82.1 Å². The van der Waals surface area contributed by atoms with Crippen molar-refractivity contribution in [2.75, 3.05) is 118 Å². The monoisotopic (exact) mass is 2050 g/mol. The minimum atomic E-state index is -1.38. The molecule has 7 aromatic heterocycles. The van der Waals surface area contributed by atoms with Gasteiger partial charge in [-0.25, -0.2) is 19.9 Å². The number of rotatable bonds is 57. The van der Waals surface area contributed by atoms with Crippen LogP contribution in [0.15, 0.2) is 122 Å². The van der Waals surface area contributed by atoms with Crippen LogP contribution in [0.4, 0.5) is 34.5 Å². The van der Waals surface area contributed by atoms with E-state index in [0.29, 0.717) is 56.6 Å². The fourth-order valence-corrected chi connectivity index (χ4v) is 15.7. The molecule has 2 aromatic carbocycles. The molecule has 18 N–H and O–H groups in total. The van der Waals surface area contributed by atoms with Gasteiger partial charge in [-0.3, -0.25) is 81.5 Å². The lowest BCUT2D eigenvalue weighted by Gasteiger charge is -2.27. The average molecular weight is 2050 g/mol. The van der Waals surface area contributed by atoms with E-state index in [0.717, 1.165) is 30.8 Å². The van der Waals surface area contributed by atoms with Crippen molar-refractivity contribution >= 4 is 135 Å². The minimum absolute atomic E-state index is 0.0348. The molecule has 798 valence electrons. The van der Waals surface area contributed by atoms with Crippen LogP contribution >= 0.6 is 0 Å². The van der Waals surface area contributed by atoms with Gasteiger partial charge in [0.25, 0.3) is 47.3 Å². The summed E-state index contributed by atoms with van der Waals surface area (Å²) in [5, 5.41) is 56.5. The Bertz CT molecular complexity index is 6150. The lowest BCUT2D eigenvalue weighted by molar-refractivity contribution is -0.135. The second-order valence-corrected chi connectivity index (χ2v) is 37.5. The van der Waals surface area contributed by atoms with Crippen molar-refractivity contribution in [3.05, 3.63) is 179 Å². The fraction of sp³-hybridized carbons (Fsp3) is 0.470. The van der Waals surface area contributed by atoms with E-state index < -0.39 is 131 Å². The Labute approximate surface area is 857 Å². The van der Waals surface area contributed by atoms with Crippen LogP contribution in [0.2, 0.25) is 0 Å². The van der Waals surface area contributed by atoms with Gasteiger partial charge in [-0.1, -0.05) is 90.9 Å². The van der Waals surface area contributed by atoms with E-state index in [1.54, 1.807) is 71.4 Å². The van der Waals surface area contributed by atoms with Crippen molar-refractivity contribution in [1.82, 2.24) is 120 Å². The average Bonchev–Trinajstić information content (AvgIpc) is 1.40. The summed E-state index contributed by atoms with van der Waals surface area (Å²) in [6.07, 6.45) is 14.4. The Hall–Kier alpha value is -16.0. The number of nitrogens with zero attached hydrogens (tertiary/aromatic N) is 13. The molecule has 0 spiro atoms. The van der Waals surface area contributed by atoms with Crippen LogP contribution in [-0.2, 0) is 104 Å². The highest BCUT2D eigenvalue weighted by molar-refractivity contribution is 6.07. The van der Waals surface area contributed by atoms with Gasteiger partial charge in [-0.15, -0.1) is 0 Å². The lowest BCUT2D eigenvalue weighted by atomic mass is 9.86. The maximum Gasteiger partial charge on any atom is 0.291 e. The molecule has 0 saturated carbocycles. The topological polar surface area (TPSA) is 607 Å². The number of unbranched alkanes of at least 4 members (excludes halogenated alkanes) is 1. The van der Waals surface area contributed by atoms with Crippen molar-refractivity contribution in [3.8, 4) is 0 Å². The van der Waals surface area contributed by atoms with Crippen LogP contribution in [-0.4, -0.2) is 283 Å². The standard InChI is InChI=1S/C100H140N30O18/c1-17-130(18-2)47-23-22-29-69(112-92(141)70(49-61(3)4)113-87(136)62(5)108-91(140)71(50-63-27-20-19-21-28-63)114-88(137)64-31-33-65(34-32-64)100(6,7)8)90(139)115-72(60-131)89(138)103-40-26-46-122(9)45-25-39-101-79(132)35-41-106-97(146)85-120-78(59-128(85)15)121-95(144)75-51-66(54-126(75)13)109-81(134)36-43-107-96(145)84-118-76(57-127(84)14)116-80(133)30-24-38-104-93(142)73-53-68(56-124(73)11)111-99(148)86-119-77(58-129(86)16)117-82(135)37-42-105-94(143)74-52-67(55-125(74)12)110-98(147)83-102-44-48-123(83)10/h19-21,27-28,31-34,44,48,51-59,61-62,69-72,131H,17-18,22-26,29-30,35-43,45-47,49-50,60H2,1-16H3,(H,101,132)(H,103,138)(H,104,142)(H,105,143)(H,106,146)(H,107,145)(H,108,140)(H,109,134)(H,110,147)(H,111,148)(H,112,141)(H,113,136)(H,114,137)(H,115,139)(H,116,133)(H,117,135)(H,121,144)/t62-,69-,70-,71-,72-/m0/s1. The molecule has 0 aliphatic rings. The van der Waals surface area contributed by atoms with Gasteiger partial charge < -0.3 is 137 Å². The molecule has 0 radical (unpaired) electrons. The second-order valence-electron chi connectivity index (χ2n) is 37.5. The molecule has 148 heavy (non-hydrogen) atoms. The Morgan fingerprint density at radius 2 is 0.838 bits per heavy atom. The largest absolute Gasteiger partial charge is 0.394 e. The first-order chi connectivity index (χ1) is 70.4. The number of hydrogen-bond acceptors (Lipinski definition) is 24. The van der Waals surface area contributed by atoms with Crippen LogP contribution in [0.5, 0.6) is 0 Å². The second kappa shape index (κ2) is 55.9. The zero-order valence-electron chi connectivity index (χ0n) is 86.7. The first-order valence-corrected chi connectivity index (χ1v) is 49.1. The number of hydrogen-bond donors (Lipinski definition) is 18. The van der Waals surface area contributed by atoms with Crippen LogP contribution in [0.25, 0.3) is 0 Å². The third kappa shape index (κ3) is 35.7. The summed E-state index contributed by atoms with van der Waals surface area (Å²) in [5.74, 6) is -9.57. The van der Waals surface area contributed by atoms with Crippen LogP contribution < -0.4 is 90.4 Å². The van der Waals surface area contributed by atoms with E-state index in [-0.39, 0.29) is 171 Å². The maximum atomic E-state index is 14.3. The van der Waals surface area contributed by atoms with Gasteiger partial charge in [-0.2, -0.15) is 0 Å². The molecule has 17 amide bonds. The smallest absolute Gasteiger partial charge is 0.291 e. The van der Waals surface area contributed by atoms with E-state index >= 15 is 0 Å². The summed E-state index contributed by atoms with van der Waals surface area (Å²) in [7, 11) is 13.0. The molecule has 48 nitrogen and oxygen atoms in total. The van der Waals surface area contributed by atoms with Gasteiger partial charge in [0.1, 0.15) is 47.3 Å². The van der Waals surface area contributed by atoms with Crippen LogP contribution in [0.1, 0.15) is 221 Å². The number of nitrogens with one attached hydrogen (secondary N) is 17. The van der Waals surface area contributed by atoms with Gasteiger partial charge in [-0.05, 0) is 144 Å². The number of carbonyl (C=O) groups is 17. The van der Waals surface area contributed by atoms with E-state index in [9.17, 15) is 86.6 Å². The number of aliphatic hydroxyl groups is 1. The maximum absolute atomic E-state index is 14.3. The molecule has 0 unspecified atom stereocenters. The number of benzene rings is 2. The third-order valence-electron chi connectivity index (χ3n) is 24.0. The third-order valence-corrected chi connectivity index (χ3v) is 24.0. The summed E-state index contributed by atoms with van der Waals surface area (Å²) in [4.78, 5) is 249. The van der Waals surface area contributed by atoms with Crippen molar-refractivity contribution in [1.29, 1.82) is 0 Å². The van der Waals surface area contributed by atoms with Crippen molar-refractivity contribution in [3.63, 3.8) is 0 Å². The quantitative estimate of drug-likeness (QED) is 0.0244. The zero-order valence-corrected chi connectivity index (χ0v) is 86.7. The Morgan fingerprint density at radius 1 is 0.385 bits per heavy atom. The van der Waals surface area contributed by atoms with Crippen LogP contribution in [0, 0.1) is 5.92 Å². The molecule has 48 heteroatoms. The number of amides is 17. The molecule has 0 aliphatic carbocycles. The van der Waals surface area contributed by atoms with Gasteiger partial charge >= 0.3 is 0 Å². The summed E-state index contributed by atoms with van der Waals surface area (Å²) >= 11 is 0. The molecule has 7 heterocycles. The van der Waals surface area contributed by atoms with E-state index in [4.69, 9.17) is 0 Å². The highest BCUT2D eigenvalue weighted by atomic mass is 16.3. The molecular weight excluding hydrogens is 1910 g/mol. The van der Waals surface area contributed by atoms with Crippen LogP contribution in [0.3, 0.4) is 0 Å². The van der Waals surface area contributed by atoms with Gasteiger partial charge in [0.2, 0.25) is 70.6 Å². The Kier molecular flexibility index (Phi) is 43.6. The Morgan fingerprint density at radius 3 is 1.36 bits per heavy atom. The lowest BCUT2D eigenvalue weighted by Crippen LogP contribution is -2.59. The molecular formula is C100H140N30O18. The summed E-state index contributed by atoms with van der Waals surface area (Å²) in [5.41, 5.74) is 3.41. The molecule has 0 aliphatic heterocycles. The number of carbonyl (C=O) groups excluding carboxylic acids is 17. The van der Waals surface area contributed by atoms with E-state index in [2.05, 4.69) is 136 Å². The molecule has 9 aromatic rings. The summed E-state index contributed by atoms with van der Waals surface area (Å²) in [6, 6.07) is 14.6. The predicted molar refractivity (Wildman–Crippen MR) is 552 cm³/mol. The molecule has 0 bridgehead atoms. The number of aliphatic hydroxyl groups excluding tert-OH is 1. The normalized spacial score (nSPS) is 12.3. The van der Waals surface area contributed by atoms with Crippen molar-refractivity contribution < 1.29 is 86.6 Å². The number of anilines is 6. The SMILES string of the molecule is CCN(CC)CCCC[C@H](NC(=O)[C@H](CC(C)C)NC(=O)[C@H](C)NC(=O)[C@H](Cc1ccccc1)NC(=O)c1ccc(C(C)(C)C)cc1)C(=O)N[C@@H](CO)C(=O)NCCCN(C)CCCNC(=O)CCNC(=O)c1nc(NC(=O)c2cc(NC(=O)CCNC(=O)c3nc(NC(=O)CCCNC(=O)c4cc(NC(=O)c5nc(NC(=O)CCNC(=O)c6cc(NC(=O)c7nccn7C)cn6C)cn5C)cn4C)cn3C)cn2C)cn1C. The van der Waals surface area contributed by atoms with Crippen molar-refractivity contribution in [2.24, 2.45) is 55.3 Å². The van der Waals surface area contributed by atoms with E-state index in [1.165, 1.54) is 96.8 Å². The number of aromatic nitrogens is 11. The van der Waals surface area contributed by atoms with Crippen molar-refractivity contribution in [2.45, 2.75) is 168 Å². The summed E-state index contributed by atoms with van der Waals surface area (Å²) < 4.78 is 10.2. The predicted octanol–water partition coefficient (Wildman–Crippen LogP) is 2.97. The Balaban J connectivity index is 0.616.